The van der Waals surface area contributed by atoms with E-state index >= 15 is 0 Å². The molecule has 0 fully saturated rings. The Balaban J connectivity index is 4.80. The highest BCUT2D eigenvalue weighted by Crippen LogP contribution is 2.05. The lowest BCUT2D eigenvalue weighted by Gasteiger charge is -2.26. The molecule has 115 valence electrons. The number of rotatable bonds is 9. The fraction of sp³-hybridized carbons (Fsp3) is 0.750. The van der Waals surface area contributed by atoms with Crippen molar-refractivity contribution in [3.05, 3.63) is 0 Å². The summed E-state index contributed by atoms with van der Waals surface area (Å²) in [5, 5.41) is 21.8. The average Bonchev–Trinajstić information content (AvgIpc) is 2.43. The summed E-state index contributed by atoms with van der Waals surface area (Å²) >= 11 is 0. The maximum absolute atomic E-state index is 11.4. The highest BCUT2D eigenvalue weighted by Gasteiger charge is 2.29. The molecule has 2 atom stereocenters. The van der Waals surface area contributed by atoms with E-state index in [4.69, 9.17) is 9.47 Å². The van der Waals surface area contributed by atoms with Crippen molar-refractivity contribution in [2.24, 2.45) is 0 Å². The lowest BCUT2D eigenvalue weighted by atomic mass is 10.3. The maximum Gasteiger partial charge on any atom is 0.307 e. The molecule has 0 aliphatic carbocycles. The number of esters is 2. The van der Waals surface area contributed by atoms with Crippen LogP contribution in [0.25, 0.3) is 0 Å². The van der Waals surface area contributed by atoms with E-state index in [1.807, 2.05) is 0 Å². The Morgan fingerprint density at radius 2 is 1.65 bits per heavy atom. The van der Waals surface area contributed by atoms with E-state index in [9.17, 15) is 24.6 Å². The summed E-state index contributed by atoms with van der Waals surface area (Å²) in [6, 6.07) is 0. The Hall–Kier alpha value is -1.67. The van der Waals surface area contributed by atoms with Gasteiger partial charge in [0.1, 0.15) is 0 Å². The molecule has 0 aliphatic rings. The molecule has 1 radical (unpaired) electrons. The van der Waals surface area contributed by atoms with Crippen molar-refractivity contribution in [3.63, 3.8) is 0 Å². The molecule has 0 spiro atoms. The van der Waals surface area contributed by atoms with Gasteiger partial charge in [0.25, 0.3) is 0 Å². The summed E-state index contributed by atoms with van der Waals surface area (Å²) in [6.07, 6.45) is -2.72. The van der Waals surface area contributed by atoms with Crippen LogP contribution in [0.2, 0.25) is 0 Å². The zero-order valence-electron chi connectivity index (χ0n) is 11.6. The minimum atomic E-state index is -1.32. The summed E-state index contributed by atoms with van der Waals surface area (Å²) in [4.78, 5) is 33.9. The van der Waals surface area contributed by atoms with E-state index in [0.717, 1.165) is 0 Å². The Kier molecular flexibility index (Phi) is 9.31. The topological polar surface area (TPSA) is 122 Å². The third-order valence-electron chi connectivity index (χ3n) is 2.27. The molecule has 20 heavy (non-hydrogen) atoms. The number of amides is 1. The Morgan fingerprint density at radius 1 is 1.10 bits per heavy atom. The molecule has 0 aromatic rings. The van der Waals surface area contributed by atoms with Crippen molar-refractivity contribution in [1.29, 1.82) is 0 Å². The summed E-state index contributed by atoms with van der Waals surface area (Å²) < 4.78 is 9.78. The van der Waals surface area contributed by atoms with E-state index in [1.165, 1.54) is 0 Å². The van der Waals surface area contributed by atoms with Crippen LogP contribution in [0.15, 0.2) is 0 Å². The van der Waals surface area contributed by atoms with Gasteiger partial charge in [-0.1, -0.05) is 13.8 Å². The summed E-state index contributed by atoms with van der Waals surface area (Å²) in [5.74, 6) is -1.90. The molecule has 0 aromatic heterocycles. The molecule has 0 saturated heterocycles. The largest absolute Gasteiger partial charge is 0.454 e. The fourth-order valence-electron chi connectivity index (χ4n) is 1.19. The van der Waals surface area contributed by atoms with E-state index in [0.29, 0.717) is 0 Å². The standard InChI is InChI=1S/C12H20NO7/c1-3-10(17)19-8(7-15)12(20-11(18)4-2)13-9(16)5-6-14/h8,12,15H,3-7H2,1-2H3,(H,13,16). The molecule has 0 saturated carbocycles. The predicted molar refractivity (Wildman–Crippen MR) is 65.7 cm³/mol. The zero-order chi connectivity index (χ0) is 15.5. The first kappa shape index (κ1) is 18.3. The lowest BCUT2D eigenvalue weighted by molar-refractivity contribution is -0.175. The van der Waals surface area contributed by atoms with Crippen LogP contribution in [0.4, 0.5) is 0 Å². The number of hydrogen-bond donors (Lipinski definition) is 2. The Labute approximate surface area is 117 Å². The van der Waals surface area contributed by atoms with Gasteiger partial charge in [-0.25, -0.2) is 5.11 Å². The van der Waals surface area contributed by atoms with E-state index < -0.39 is 43.4 Å². The van der Waals surface area contributed by atoms with E-state index in [1.54, 1.807) is 13.8 Å². The number of hydrogen-bond acceptors (Lipinski definition) is 6. The first-order valence-corrected chi connectivity index (χ1v) is 6.35. The summed E-state index contributed by atoms with van der Waals surface area (Å²) in [5.41, 5.74) is 0. The molecule has 2 N–H and O–H groups in total. The van der Waals surface area contributed by atoms with Gasteiger partial charge in [0.2, 0.25) is 12.1 Å². The van der Waals surface area contributed by atoms with Crippen molar-refractivity contribution in [1.82, 2.24) is 5.32 Å². The molecule has 1 amide bonds. The monoisotopic (exact) mass is 290 g/mol. The molecule has 2 unspecified atom stereocenters. The van der Waals surface area contributed by atoms with Crippen molar-refractivity contribution in [3.8, 4) is 0 Å². The van der Waals surface area contributed by atoms with Crippen LogP contribution in [0.3, 0.4) is 0 Å². The van der Waals surface area contributed by atoms with Crippen LogP contribution in [0, 0.1) is 0 Å². The molecule has 0 rings (SSSR count). The second kappa shape index (κ2) is 10.2. The zero-order valence-corrected chi connectivity index (χ0v) is 11.6. The molecular weight excluding hydrogens is 270 g/mol. The van der Waals surface area contributed by atoms with Crippen molar-refractivity contribution < 1.29 is 34.1 Å². The number of carbonyl (C=O) groups is 3. The maximum atomic E-state index is 11.4. The van der Waals surface area contributed by atoms with Crippen LogP contribution < -0.4 is 5.32 Å². The van der Waals surface area contributed by atoms with Gasteiger partial charge in [-0.2, -0.15) is 0 Å². The van der Waals surface area contributed by atoms with Gasteiger partial charge in [0, 0.05) is 12.8 Å². The van der Waals surface area contributed by atoms with Crippen molar-refractivity contribution >= 4 is 17.8 Å². The quantitative estimate of drug-likeness (QED) is 0.437. The first-order valence-electron chi connectivity index (χ1n) is 6.35. The summed E-state index contributed by atoms with van der Waals surface area (Å²) in [6.45, 7) is 1.84. The van der Waals surface area contributed by atoms with Crippen LogP contribution in [-0.2, 0) is 29.0 Å². The molecule has 8 heteroatoms. The smallest absolute Gasteiger partial charge is 0.307 e. The number of ether oxygens (including phenoxy) is 2. The third kappa shape index (κ3) is 7.05. The number of nitrogens with one attached hydrogen (secondary N) is 1. The fourth-order valence-corrected chi connectivity index (χ4v) is 1.19. The second-order valence-corrected chi connectivity index (χ2v) is 3.85. The SMILES string of the molecule is CCC(=O)OC(CO)C(NC(=O)CC[O])OC(=O)CC. The van der Waals surface area contributed by atoms with Gasteiger partial charge in [0.05, 0.1) is 19.6 Å². The highest BCUT2D eigenvalue weighted by molar-refractivity contribution is 5.77. The van der Waals surface area contributed by atoms with E-state index in [-0.39, 0.29) is 19.3 Å². The first-order chi connectivity index (χ1) is 9.48. The van der Waals surface area contributed by atoms with Crippen LogP contribution in [0.5, 0.6) is 0 Å². The third-order valence-corrected chi connectivity index (χ3v) is 2.27. The number of aliphatic hydroxyl groups is 1. The minimum Gasteiger partial charge on any atom is -0.454 e. The Bertz CT molecular complexity index is 332. The van der Waals surface area contributed by atoms with Crippen LogP contribution in [0.1, 0.15) is 33.1 Å². The predicted octanol–water partition coefficient (Wildman–Crippen LogP) is -0.483. The molecule has 0 heterocycles. The van der Waals surface area contributed by atoms with Gasteiger partial charge < -0.3 is 19.9 Å². The van der Waals surface area contributed by atoms with Gasteiger partial charge in [-0.05, 0) is 0 Å². The van der Waals surface area contributed by atoms with Crippen LogP contribution >= 0.6 is 0 Å². The minimum absolute atomic E-state index is 0.0494. The van der Waals surface area contributed by atoms with Gasteiger partial charge in [-0.3, -0.25) is 14.4 Å². The van der Waals surface area contributed by atoms with Crippen LogP contribution in [-0.4, -0.2) is 48.5 Å². The molecule has 0 aromatic carbocycles. The van der Waals surface area contributed by atoms with Crippen molar-refractivity contribution in [2.75, 3.05) is 13.2 Å². The lowest BCUT2D eigenvalue weighted by Crippen LogP contribution is -2.49. The molecule has 8 nitrogen and oxygen atoms in total. The molecule has 0 aliphatic heterocycles. The van der Waals surface area contributed by atoms with Gasteiger partial charge >= 0.3 is 11.9 Å². The Morgan fingerprint density at radius 3 is 2.10 bits per heavy atom. The van der Waals surface area contributed by atoms with Gasteiger partial charge in [0.15, 0.2) is 6.10 Å². The van der Waals surface area contributed by atoms with E-state index in [2.05, 4.69) is 5.32 Å². The second-order valence-electron chi connectivity index (χ2n) is 3.85. The summed E-state index contributed by atoms with van der Waals surface area (Å²) in [7, 11) is 0. The van der Waals surface area contributed by atoms with Crippen molar-refractivity contribution in [2.45, 2.75) is 45.4 Å². The van der Waals surface area contributed by atoms with Gasteiger partial charge in [-0.15, -0.1) is 0 Å². The molecular formula is C12H20NO7. The average molecular weight is 290 g/mol. The number of carbonyl (C=O) groups excluding carboxylic acids is 3. The normalized spacial score (nSPS) is 13.2. The molecule has 0 bridgehead atoms. The number of aliphatic hydroxyl groups excluding tert-OH is 1. The highest BCUT2D eigenvalue weighted by atomic mass is 16.6.